The van der Waals surface area contributed by atoms with Gasteiger partial charge in [-0.3, -0.25) is 9.59 Å². The summed E-state index contributed by atoms with van der Waals surface area (Å²) in [6.07, 6.45) is 1.82. The molecule has 1 atom stereocenters. The number of primary amides is 1. The van der Waals surface area contributed by atoms with Gasteiger partial charge < -0.3 is 20.9 Å². The van der Waals surface area contributed by atoms with E-state index in [4.69, 9.17) is 11.5 Å². The number of hydrogen-bond acceptors (Lipinski definition) is 5. The van der Waals surface area contributed by atoms with Crippen molar-refractivity contribution in [2.45, 2.75) is 38.4 Å². The van der Waals surface area contributed by atoms with Crippen LogP contribution in [0.3, 0.4) is 0 Å². The summed E-state index contributed by atoms with van der Waals surface area (Å²) >= 11 is 0. The first-order valence-corrected chi connectivity index (χ1v) is 6.19. The summed E-state index contributed by atoms with van der Waals surface area (Å²) in [5.74, 6) is 0.790. The van der Waals surface area contributed by atoms with Crippen molar-refractivity contribution in [3.8, 4) is 0 Å². The summed E-state index contributed by atoms with van der Waals surface area (Å²) in [6, 6.07) is -0.900. The lowest BCUT2D eigenvalue weighted by molar-refractivity contribution is -0.134. The molecule has 8 heteroatoms. The van der Waals surface area contributed by atoms with E-state index in [0.717, 1.165) is 31.0 Å². The van der Waals surface area contributed by atoms with Crippen molar-refractivity contribution < 1.29 is 9.59 Å². The maximum absolute atomic E-state index is 11.9. The third-order valence-electron chi connectivity index (χ3n) is 3.18. The first kappa shape index (κ1) is 13.5. The summed E-state index contributed by atoms with van der Waals surface area (Å²) in [7, 11) is 1.62. The molecule has 1 aromatic rings. The number of carbonyl (C=O) groups excluding carboxylic acids is 2. The molecule has 0 fully saturated rings. The largest absolute Gasteiger partial charge is 0.370 e. The van der Waals surface area contributed by atoms with Crippen molar-refractivity contribution in [1.29, 1.82) is 0 Å². The fraction of sp³-hybridized carbons (Fsp3) is 0.636. The first-order valence-electron chi connectivity index (χ1n) is 6.19. The summed E-state index contributed by atoms with van der Waals surface area (Å²) < 4.78 is 2.02. The Morgan fingerprint density at radius 3 is 2.89 bits per heavy atom. The molecule has 0 aromatic carbocycles. The number of nitrogens with zero attached hydrogens (tertiary/aromatic N) is 4. The van der Waals surface area contributed by atoms with Crippen LogP contribution in [0.2, 0.25) is 0 Å². The van der Waals surface area contributed by atoms with Crippen molar-refractivity contribution in [2.75, 3.05) is 7.05 Å². The molecule has 1 aromatic heterocycles. The average molecular weight is 266 g/mol. The number of aryl methyl sites for hydroxylation is 1. The molecule has 19 heavy (non-hydrogen) atoms. The van der Waals surface area contributed by atoms with Gasteiger partial charge in [0.1, 0.15) is 5.82 Å². The Morgan fingerprint density at radius 2 is 2.21 bits per heavy atom. The molecule has 0 spiro atoms. The van der Waals surface area contributed by atoms with Crippen molar-refractivity contribution in [3.63, 3.8) is 0 Å². The van der Waals surface area contributed by atoms with Crippen LogP contribution in [0, 0.1) is 0 Å². The lowest BCUT2D eigenvalue weighted by atomic mass is 10.2. The van der Waals surface area contributed by atoms with E-state index in [-0.39, 0.29) is 12.3 Å². The van der Waals surface area contributed by atoms with Gasteiger partial charge in [0.15, 0.2) is 5.82 Å². The van der Waals surface area contributed by atoms with Gasteiger partial charge in [0, 0.05) is 20.0 Å². The molecule has 0 saturated heterocycles. The van der Waals surface area contributed by atoms with Gasteiger partial charge >= 0.3 is 0 Å². The third kappa shape index (κ3) is 2.90. The highest BCUT2D eigenvalue weighted by molar-refractivity contribution is 5.87. The van der Waals surface area contributed by atoms with Gasteiger partial charge in [-0.05, 0) is 6.42 Å². The third-order valence-corrected chi connectivity index (χ3v) is 3.18. The predicted octanol–water partition coefficient (Wildman–Crippen LogP) is -1.61. The van der Waals surface area contributed by atoms with Gasteiger partial charge in [-0.1, -0.05) is 0 Å². The van der Waals surface area contributed by atoms with E-state index in [1.165, 1.54) is 4.90 Å². The first-order chi connectivity index (χ1) is 8.99. The maximum atomic E-state index is 11.9. The van der Waals surface area contributed by atoms with Crippen LogP contribution in [-0.4, -0.2) is 44.6 Å². The van der Waals surface area contributed by atoms with Crippen molar-refractivity contribution in [1.82, 2.24) is 19.7 Å². The fourth-order valence-electron chi connectivity index (χ4n) is 2.20. The minimum atomic E-state index is -0.900. The predicted molar refractivity (Wildman–Crippen MR) is 66.6 cm³/mol. The lowest BCUT2D eigenvalue weighted by Crippen LogP contribution is -2.43. The van der Waals surface area contributed by atoms with Crippen LogP contribution in [0.5, 0.6) is 0 Å². The highest BCUT2D eigenvalue weighted by Gasteiger charge is 2.23. The maximum Gasteiger partial charge on any atom is 0.240 e. The Morgan fingerprint density at radius 1 is 1.47 bits per heavy atom. The number of fused-ring (bicyclic) bond motifs is 1. The molecule has 4 N–H and O–H groups in total. The molecular formula is C11H18N6O2. The second-order valence-corrected chi connectivity index (χ2v) is 4.76. The van der Waals surface area contributed by atoms with Gasteiger partial charge in [-0.25, -0.2) is 0 Å². The molecule has 2 heterocycles. The summed E-state index contributed by atoms with van der Waals surface area (Å²) in [5, 5.41) is 8.14. The molecule has 2 rings (SSSR count). The van der Waals surface area contributed by atoms with Gasteiger partial charge in [0.05, 0.1) is 19.0 Å². The fourth-order valence-corrected chi connectivity index (χ4v) is 2.20. The van der Waals surface area contributed by atoms with Crippen LogP contribution in [0.25, 0.3) is 0 Å². The molecule has 2 amide bonds. The Kier molecular flexibility index (Phi) is 3.79. The number of amides is 2. The standard InChI is InChI=1S/C11H18N6O2/c1-16(11(19)7(12)5-8(13)18)6-10-15-14-9-3-2-4-17(9)10/h7H,2-6,12H2,1H3,(H2,13,18). The minimum Gasteiger partial charge on any atom is -0.370 e. The van der Waals surface area contributed by atoms with Crippen LogP contribution in [0.4, 0.5) is 0 Å². The van der Waals surface area contributed by atoms with Crippen molar-refractivity contribution in [3.05, 3.63) is 11.6 Å². The highest BCUT2D eigenvalue weighted by Crippen LogP contribution is 2.15. The lowest BCUT2D eigenvalue weighted by Gasteiger charge is -2.20. The number of carbonyl (C=O) groups is 2. The van der Waals surface area contributed by atoms with Gasteiger partial charge in [-0.2, -0.15) is 0 Å². The van der Waals surface area contributed by atoms with Gasteiger partial charge in [0.25, 0.3) is 0 Å². The van der Waals surface area contributed by atoms with E-state index in [9.17, 15) is 9.59 Å². The van der Waals surface area contributed by atoms with E-state index < -0.39 is 11.9 Å². The molecule has 1 unspecified atom stereocenters. The van der Waals surface area contributed by atoms with E-state index in [2.05, 4.69) is 10.2 Å². The normalized spacial score (nSPS) is 15.1. The molecule has 0 saturated carbocycles. The number of likely N-dealkylation sites (N-methyl/N-ethyl adjacent to an activating group) is 1. The number of aromatic nitrogens is 3. The molecule has 0 radical (unpaired) electrons. The van der Waals surface area contributed by atoms with Crippen molar-refractivity contribution in [2.24, 2.45) is 11.5 Å². The number of nitrogens with two attached hydrogens (primary N) is 2. The van der Waals surface area contributed by atoms with E-state index in [0.29, 0.717) is 6.54 Å². The molecule has 8 nitrogen and oxygen atoms in total. The van der Waals surface area contributed by atoms with Crippen molar-refractivity contribution >= 4 is 11.8 Å². The Bertz CT molecular complexity index is 497. The van der Waals surface area contributed by atoms with E-state index >= 15 is 0 Å². The summed E-state index contributed by atoms with van der Waals surface area (Å²) in [6.45, 7) is 1.21. The van der Waals surface area contributed by atoms with E-state index in [1.54, 1.807) is 7.05 Å². The molecule has 0 bridgehead atoms. The zero-order valence-electron chi connectivity index (χ0n) is 10.9. The summed E-state index contributed by atoms with van der Waals surface area (Å²) in [5.41, 5.74) is 10.7. The zero-order chi connectivity index (χ0) is 14.0. The Labute approximate surface area is 110 Å². The minimum absolute atomic E-state index is 0.152. The Hall–Kier alpha value is -1.96. The quantitative estimate of drug-likeness (QED) is 0.664. The molecule has 1 aliphatic rings. The van der Waals surface area contributed by atoms with Crippen LogP contribution in [0.1, 0.15) is 24.5 Å². The van der Waals surface area contributed by atoms with Gasteiger partial charge in [-0.15, -0.1) is 10.2 Å². The van der Waals surface area contributed by atoms with Crippen LogP contribution < -0.4 is 11.5 Å². The van der Waals surface area contributed by atoms with Crippen LogP contribution >= 0.6 is 0 Å². The Balaban J connectivity index is 1.98. The summed E-state index contributed by atoms with van der Waals surface area (Å²) in [4.78, 5) is 24.1. The zero-order valence-corrected chi connectivity index (χ0v) is 10.9. The number of hydrogen-bond donors (Lipinski definition) is 2. The molecule has 1 aliphatic heterocycles. The average Bonchev–Trinajstić information content (AvgIpc) is 2.92. The van der Waals surface area contributed by atoms with Crippen LogP contribution in [-0.2, 0) is 29.1 Å². The number of rotatable bonds is 5. The highest BCUT2D eigenvalue weighted by atomic mass is 16.2. The molecular weight excluding hydrogens is 248 g/mol. The molecule has 0 aliphatic carbocycles. The monoisotopic (exact) mass is 266 g/mol. The van der Waals surface area contributed by atoms with E-state index in [1.807, 2.05) is 4.57 Å². The topological polar surface area (TPSA) is 120 Å². The second-order valence-electron chi connectivity index (χ2n) is 4.76. The molecule has 104 valence electrons. The van der Waals surface area contributed by atoms with Crippen LogP contribution in [0.15, 0.2) is 0 Å². The second kappa shape index (κ2) is 5.35. The van der Waals surface area contributed by atoms with Gasteiger partial charge in [0.2, 0.25) is 11.8 Å². The SMILES string of the molecule is CN(Cc1nnc2n1CCC2)C(=O)C(N)CC(N)=O. The smallest absolute Gasteiger partial charge is 0.240 e.